The lowest BCUT2D eigenvalue weighted by Gasteiger charge is -2.18. The molecule has 4 aromatic carbocycles. The number of aromatic nitrogens is 1. The summed E-state index contributed by atoms with van der Waals surface area (Å²) in [6.45, 7) is 2.36. The smallest absolute Gasteiger partial charge is 0.251 e. The van der Waals surface area contributed by atoms with Crippen molar-refractivity contribution in [1.29, 1.82) is 5.26 Å². The van der Waals surface area contributed by atoms with Crippen LogP contribution in [-0.2, 0) is 11.3 Å². The standard InChI is InChI=1S/C33H24N4O2/c1-18-5-8-23(22(13-18)16-34)19-6-9-25-28(14-19)31-29-15-20(7-10-26(29)30(25)39-31)33(38)37-17-21-3-2-4-27-24(21)11-12-36-32(27)35/h2-15,30-31H,17H2,1H3,(H2,35,36)(H,37,38). The number of fused-ring (bicyclic) bond motifs is 9. The molecule has 2 aliphatic heterocycles. The van der Waals surface area contributed by atoms with Crippen LogP contribution in [0, 0.1) is 18.3 Å². The fourth-order valence-corrected chi connectivity index (χ4v) is 5.88. The maximum Gasteiger partial charge on any atom is 0.251 e. The molecule has 2 atom stereocenters. The number of nitrogens with zero attached hydrogens (tertiary/aromatic N) is 2. The van der Waals surface area contributed by atoms with E-state index in [0.29, 0.717) is 23.5 Å². The van der Waals surface area contributed by atoms with Crippen molar-refractivity contribution in [3.05, 3.63) is 130 Å². The zero-order valence-electron chi connectivity index (χ0n) is 21.2. The molecule has 3 heterocycles. The van der Waals surface area contributed by atoms with Crippen LogP contribution in [-0.4, -0.2) is 10.9 Å². The average molecular weight is 509 g/mol. The Kier molecular flexibility index (Phi) is 5.22. The summed E-state index contributed by atoms with van der Waals surface area (Å²) in [4.78, 5) is 17.3. The van der Waals surface area contributed by atoms with E-state index in [1.807, 2.05) is 67.6 Å². The highest BCUT2D eigenvalue weighted by atomic mass is 16.5. The van der Waals surface area contributed by atoms with Gasteiger partial charge in [-0.3, -0.25) is 4.79 Å². The van der Waals surface area contributed by atoms with Gasteiger partial charge in [0, 0.05) is 23.7 Å². The van der Waals surface area contributed by atoms with Crippen molar-refractivity contribution < 1.29 is 9.53 Å². The van der Waals surface area contributed by atoms with E-state index < -0.39 is 0 Å². The number of hydrogen-bond donors (Lipinski definition) is 2. The Morgan fingerprint density at radius 3 is 2.59 bits per heavy atom. The van der Waals surface area contributed by atoms with Gasteiger partial charge >= 0.3 is 0 Å². The van der Waals surface area contributed by atoms with Crippen molar-refractivity contribution in [2.24, 2.45) is 0 Å². The van der Waals surface area contributed by atoms with Crippen molar-refractivity contribution >= 4 is 22.5 Å². The van der Waals surface area contributed by atoms with Gasteiger partial charge in [0.15, 0.2) is 0 Å². The number of hydrogen-bond acceptors (Lipinski definition) is 5. The first-order valence-electron chi connectivity index (χ1n) is 12.9. The molecule has 0 aliphatic carbocycles. The summed E-state index contributed by atoms with van der Waals surface area (Å²) in [6.07, 6.45) is 1.30. The normalized spacial score (nSPS) is 16.5. The lowest BCUT2D eigenvalue weighted by Crippen LogP contribution is -2.23. The topological polar surface area (TPSA) is 101 Å². The summed E-state index contributed by atoms with van der Waals surface area (Å²) in [5.74, 6) is 0.330. The Balaban J connectivity index is 1.16. The Morgan fingerprint density at radius 2 is 1.74 bits per heavy atom. The van der Waals surface area contributed by atoms with Gasteiger partial charge in [0.2, 0.25) is 0 Å². The molecule has 6 heteroatoms. The number of nitrogen functional groups attached to an aromatic ring is 1. The van der Waals surface area contributed by atoms with E-state index in [-0.39, 0.29) is 18.1 Å². The molecule has 2 aliphatic rings. The Bertz CT molecular complexity index is 1870. The van der Waals surface area contributed by atoms with E-state index in [1.165, 1.54) is 0 Å². The Morgan fingerprint density at radius 1 is 0.949 bits per heavy atom. The molecule has 2 unspecified atom stereocenters. The first-order valence-corrected chi connectivity index (χ1v) is 12.9. The number of amides is 1. The monoisotopic (exact) mass is 508 g/mol. The number of nitrogens with two attached hydrogens (primary N) is 1. The molecule has 188 valence electrons. The predicted molar refractivity (Wildman–Crippen MR) is 150 cm³/mol. The van der Waals surface area contributed by atoms with Crippen molar-refractivity contribution in [2.75, 3.05) is 5.73 Å². The van der Waals surface area contributed by atoms with Crippen molar-refractivity contribution in [3.8, 4) is 17.2 Å². The van der Waals surface area contributed by atoms with Gasteiger partial charge in [-0.25, -0.2) is 4.98 Å². The van der Waals surface area contributed by atoms with Crippen LogP contribution in [0.1, 0.15) is 61.5 Å². The highest BCUT2D eigenvalue weighted by Gasteiger charge is 2.43. The van der Waals surface area contributed by atoms with Gasteiger partial charge in [-0.15, -0.1) is 0 Å². The second-order valence-electron chi connectivity index (χ2n) is 10.1. The van der Waals surface area contributed by atoms with Crippen LogP contribution in [0.25, 0.3) is 21.9 Å². The number of anilines is 1. The molecule has 0 saturated carbocycles. The number of aryl methyl sites for hydroxylation is 1. The van der Waals surface area contributed by atoms with Gasteiger partial charge < -0.3 is 15.8 Å². The second-order valence-corrected chi connectivity index (χ2v) is 10.1. The minimum absolute atomic E-state index is 0.144. The Labute approximate surface area is 225 Å². The number of nitrogens with one attached hydrogen (secondary N) is 1. The minimum atomic E-state index is -0.239. The molecule has 0 spiro atoms. The molecule has 39 heavy (non-hydrogen) atoms. The third-order valence-corrected chi connectivity index (χ3v) is 7.81. The number of nitriles is 1. The maximum atomic E-state index is 13.2. The van der Waals surface area contributed by atoms with Crippen LogP contribution in [0.3, 0.4) is 0 Å². The van der Waals surface area contributed by atoms with E-state index in [2.05, 4.69) is 34.6 Å². The number of ether oxygens (including phenoxy) is 1. The zero-order valence-corrected chi connectivity index (χ0v) is 21.2. The zero-order chi connectivity index (χ0) is 26.7. The molecule has 0 fully saturated rings. The molecule has 3 N–H and O–H groups in total. The second kappa shape index (κ2) is 8.80. The SMILES string of the molecule is Cc1ccc(-c2ccc3c(c2)C2OC3c3ccc(C(=O)NCc4cccc5c(N)nccc45)cc32)c(C#N)c1. The van der Waals surface area contributed by atoms with Crippen LogP contribution in [0.2, 0.25) is 0 Å². The summed E-state index contributed by atoms with van der Waals surface area (Å²) < 4.78 is 6.39. The number of benzene rings is 4. The summed E-state index contributed by atoms with van der Waals surface area (Å²) in [5, 5.41) is 14.6. The first-order chi connectivity index (χ1) is 19.0. The molecular formula is C33H24N4O2. The molecule has 7 rings (SSSR count). The average Bonchev–Trinajstić information content (AvgIpc) is 3.53. The molecule has 1 amide bonds. The molecular weight excluding hydrogens is 484 g/mol. The predicted octanol–water partition coefficient (Wildman–Crippen LogP) is 6.12. The van der Waals surface area contributed by atoms with Gasteiger partial charge in [0.25, 0.3) is 5.91 Å². The number of rotatable bonds is 4. The van der Waals surface area contributed by atoms with E-state index in [0.717, 1.165) is 55.3 Å². The lowest BCUT2D eigenvalue weighted by molar-refractivity contribution is 0.0857. The molecule has 5 aromatic rings. The molecule has 0 saturated heterocycles. The number of carbonyl (C=O) groups excluding carboxylic acids is 1. The summed E-state index contributed by atoms with van der Waals surface area (Å²) >= 11 is 0. The van der Waals surface area contributed by atoms with Gasteiger partial charge in [-0.05, 0) is 87.1 Å². The largest absolute Gasteiger partial charge is 0.383 e. The van der Waals surface area contributed by atoms with Crippen molar-refractivity contribution in [1.82, 2.24) is 10.3 Å². The fourth-order valence-electron chi connectivity index (χ4n) is 5.88. The van der Waals surface area contributed by atoms with Crippen molar-refractivity contribution in [3.63, 3.8) is 0 Å². The number of carbonyl (C=O) groups is 1. The van der Waals surface area contributed by atoms with Crippen LogP contribution in [0.4, 0.5) is 5.82 Å². The highest BCUT2D eigenvalue weighted by Crippen LogP contribution is 2.55. The van der Waals surface area contributed by atoms with Crippen LogP contribution in [0.5, 0.6) is 0 Å². The van der Waals surface area contributed by atoms with E-state index >= 15 is 0 Å². The van der Waals surface area contributed by atoms with Crippen LogP contribution in [0.15, 0.2) is 85.1 Å². The Hall–Kier alpha value is -4.99. The third-order valence-electron chi connectivity index (χ3n) is 7.81. The quantitative estimate of drug-likeness (QED) is 0.305. The molecule has 2 bridgehead atoms. The van der Waals surface area contributed by atoms with E-state index in [4.69, 9.17) is 10.5 Å². The van der Waals surface area contributed by atoms with Gasteiger partial charge in [-0.1, -0.05) is 48.5 Å². The van der Waals surface area contributed by atoms with Crippen LogP contribution >= 0.6 is 0 Å². The van der Waals surface area contributed by atoms with Gasteiger partial charge in [0.05, 0.1) is 11.6 Å². The number of pyridine rings is 1. The summed E-state index contributed by atoms with van der Waals surface area (Å²) in [6, 6.07) is 28.1. The van der Waals surface area contributed by atoms with E-state index in [1.54, 1.807) is 6.20 Å². The van der Waals surface area contributed by atoms with Crippen molar-refractivity contribution in [2.45, 2.75) is 25.7 Å². The van der Waals surface area contributed by atoms with E-state index in [9.17, 15) is 10.1 Å². The van der Waals surface area contributed by atoms with Gasteiger partial charge in [-0.2, -0.15) is 5.26 Å². The summed E-state index contributed by atoms with van der Waals surface area (Å²) in [7, 11) is 0. The van der Waals surface area contributed by atoms with Crippen LogP contribution < -0.4 is 11.1 Å². The fraction of sp³-hybridized carbons (Fsp3) is 0.121. The first kappa shape index (κ1) is 23.2. The third kappa shape index (κ3) is 3.67. The lowest BCUT2D eigenvalue weighted by atomic mass is 9.83. The summed E-state index contributed by atoms with van der Waals surface area (Å²) in [5.41, 5.74) is 15.6. The maximum absolute atomic E-state index is 13.2. The molecule has 6 nitrogen and oxygen atoms in total. The molecule has 0 radical (unpaired) electrons. The molecule has 1 aromatic heterocycles. The minimum Gasteiger partial charge on any atom is -0.383 e. The van der Waals surface area contributed by atoms with Gasteiger partial charge in [0.1, 0.15) is 18.0 Å². The highest BCUT2D eigenvalue weighted by molar-refractivity contribution is 5.96.